The van der Waals surface area contributed by atoms with Gasteiger partial charge in [0.2, 0.25) is 29.4 Å². The molecule has 12 nitrogen and oxygen atoms in total. The summed E-state index contributed by atoms with van der Waals surface area (Å²) in [5.74, 6) is -4.13. The normalized spacial score (nSPS) is 13.3. The summed E-state index contributed by atoms with van der Waals surface area (Å²) < 4.78 is 0. The molecule has 0 aromatic heterocycles. The second-order valence-electron chi connectivity index (χ2n) is 13.7. The van der Waals surface area contributed by atoms with Crippen molar-refractivity contribution in [2.24, 2.45) is 11.5 Å². The summed E-state index contributed by atoms with van der Waals surface area (Å²) in [6, 6.07) is 5.16. The fraction of sp³-hybridized carbons (Fsp3) is 0.692. The highest BCUT2D eigenvalue weighted by atomic mass is 16.2. The van der Waals surface area contributed by atoms with Gasteiger partial charge in [-0.1, -0.05) is 114 Å². The van der Waals surface area contributed by atoms with Gasteiger partial charge in [0.25, 0.3) is 5.91 Å². The van der Waals surface area contributed by atoms with Crippen molar-refractivity contribution in [3.05, 3.63) is 35.9 Å². The summed E-state index contributed by atoms with van der Waals surface area (Å²) in [6.45, 7) is 5.60. The van der Waals surface area contributed by atoms with E-state index in [1.54, 1.807) is 0 Å². The van der Waals surface area contributed by atoms with Gasteiger partial charge in [-0.25, -0.2) is 0 Å². The number of carbonyl (C=O) groups is 6. The van der Waals surface area contributed by atoms with Crippen molar-refractivity contribution in [1.82, 2.24) is 21.3 Å². The van der Waals surface area contributed by atoms with Crippen molar-refractivity contribution < 1.29 is 28.8 Å². The molecule has 1 aromatic carbocycles. The first-order valence-electron chi connectivity index (χ1n) is 19.3. The van der Waals surface area contributed by atoms with Crippen LogP contribution in [0.4, 0.5) is 0 Å². The molecule has 0 radical (unpaired) electrons. The molecule has 0 aliphatic rings. The average Bonchev–Trinajstić information content (AvgIpc) is 3.11. The molecule has 0 bridgehead atoms. The van der Waals surface area contributed by atoms with E-state index in [0.29, 0.717) is 38.6 Å². The molecule has 0 unspecified atom stereocenters. The van der Waals surface area contributed by atoms with Crippen molar-refractivity contribution in [2.75, 3.05) is 6.54 Å². The number of ketones is 1. The lowest BCUT2D eigenvalue weighted by molar-refractivity contribution is -0.139. The van der Waals surface area contributed by atoms with Crippen LogP contribution in [0.2, 0.25) is 0 Å². The molecule has 0 heterocycles. The maximum absolute atomic E-state index is 13.2. The number of primary amides is 1. The van der Waals surface area contributed by atoms with Gasteiger partial charge in [-0.2, -0.15) is 0 Å². The Morgan fingerprint density at radius 3 is 1.63 bits per heavy atom. The van der Waals surface area contributed by atoms with Gasteiger partial charge < -0.3 is 32.7 Å². The molecule has 51 heavy (non-hydrogen) atoms. The van der Waals surface area contributed by atoms with E-state index in [0.717, 1.165) is 24.8 Å². The summed E-state index contributed by atoms with van der Waals surface area (Å²) >= 11 is 0. The predicted molar refractivity (Wildman–Crippen MR) is 201 cm³/mol. The average molecular weight is 715 g/mol. The molecule has 0 fully saturated rings. The Morgan fingerprint density at radius 1 is 0.588 bits per heavy atom. The summed E-state index contributed by atoms with van der Waals surface area (Å²) in [7, 11) is 0. The van der Waals surface area contributed by atoms with E-state index in [4.69, 9.17) is 11.5 Å². The number of Topliss-reactive ketones (excluding diaryl/α,β-unsaturated/α-hetero) is 1. The Labute approximate surface area is 305 Å². The Balaban J connectivity index is 2.52. The number of aryl methyl sites for hydroxylation is 1. The van der Waals surface area contributed by atoms with E-state index < -0.39 is 53.6 Å². The molecular weight excluding hydrogens is 648 g/mol. The Kier molecular flexibility index (Phi) is 24.7. The van der Waals surface area contributed by atoms with E-state index in [1.807, 2.05) is 30.3 Å². The van der Waals surface area contributed by atoms with Crippen LogP contribution in [0, 0.1) is 0 Å². The number of amides is 5. The minimum absolute atomic E-state index is 0.140. The van der Waals surface area contributed by atoms with Crippen LogP contribution in [0.15, 0.2) is 30.3 Å². The Bertz CT molecular complexity index is 1180. The predicted octanol–water partition coefficient (Wildman–Crippen LogP) is 4.26. The quantitative estimate of drug-likeness (QED) is 0.0504. The van der Waals surface area contributed by atoms with E-state index in [1.165, 1.54) is 78.1 Å². The maximum Gasteiger partial charge on any atom is 0.287 e. The molecular formula is C39H66N6O6. The molecule has 5 amide bonds. The van der Waals surface area contributed by atoms with Crippen LogP contribution in [0.1, 0.15) is 142 Å². The summed E-state index contributed by atoms with van der Waals surface area (Å²) in [6.07, 6.45) is 18.3. The minimum atomic E-state index is -1.17. The van der Waals surface area contributed by atoms with E-state index in [2.05, 4.69) is 28.2 Å². The number of rotatable bonds is 30. The third-order valence-electron chi connectivity index (χ3n) is 9.05. The van der Waals surface area contributed by atoms with Crippen LogP contribution < -0.4 is 32.7 Å². The lowest BCUT2D eigenvalue weighted by atomic mass is 10.0. The number of hydrogen-bond donors (Lipinski definition) is 6. The van der Waals surface area contributed by atoms with Crippen LogP contribution >= 0.6 is 0 Å². The molecule has 0 saturated heterocycles. The SMILES string of the molecule is CCCCCCCCCCCCCCCC(=O)N[C@@H](CCCCN)C(=O)N[C@@H](C)C(=O)N[C@@H](C)C(=O)N[C@H](CCc1ccccc1)C(=O)C(N)=O. The zero-order valence-corrected chi connectivity index (χ0v) is 31.4. The smallest absolute Gasteiger partial charge is 0.287 e. The number of nitrogens with one attached hydrogen (secondary N) is 4. The largest absolute Gasteiger partial charge is 0.363 e. The molecule has 1 rings (SSSR count). The molecule has 4 atom stereocenters. The van der Waals surface area contributed by atoms with Crippen LogP contribution in [-0.2, 0) is 35.2 Å². The first-order valence-corrected chi connectivity index (χ1v) is 19.3. The van der Waals surface area contributed by atoms with E-state index >= 15 is 0 Å². The zero-order chi connectivity index (χ0) is 37.9. The molecule has 0 aliphatic heterocycles. The van der Waals surface area contributed by atoms with Crippen LogP contribution in [-0.4, -0.2) is 66.0 Å². The van der Waals surface area contributed by atoms with Crippen LogP contribution in [0.5, 0.6) is 0 Å². The number of unbranched alkanes of at least 4 members (excludes halogenated alkanes) is 13. The monoisotopic (exact) mass is 715 g/mol. The molecule has 0 aliphatic carbocycles. The highest BCUT2D eigenvalue weighted by molar-refractivity contribution is 6.37. The van der Waals surface area contributed by atoms with E-state index in [-0.39, 0.29) is 12.3 Å². The molecule has 12 heteroatoms. The Morgan fingerprint density at radius 2 is 1.10 bits per heavy atom. The van der Waals surface area contributed by atoms with Gasteiger partial charge in [0.1, 0.15) is 18.1 Å². The molecule has 288 valence electrons. The lowest BCUT2D eigenvalue weighted by Crippen LogP contribution is -2.56. The summed E-state index contributed by atoms with van der Waals surface area (Å²) in [5.41, 5.74) is 11.8. The van der Waals surface area contributed by atoms with Gasteiger partial charge in [-0.3, -0.25) is 28.8 Å². The number of carbonyl (C=O) groups excluding carboxylic acids is 6. The second-order valence-corrected chi connectivity index (χ2v) is 13.7. The highest BCUT2D eigenvalue weighted by Gasteiger charge is 2.29. The third kappa shape index (κ3) is 21.2. The standard InChI is InChI=1S/C39H66N6O6/c1-4-5-6-7-8-9-10-11-12-13-14-15-19-25-34(46)44-33(24-20-21-28-40)39(51)43-29(2)37(49)42-30(3)38(50)45-32(35(47)36(41)48)27-26-31-22-17-16-18-23-31/h16-18,22-23,29-30,32-33H,4-15,19-21,24-28,40H2,1-3H3,(H2,41,48)(H,42,49)(H,43,51)(H,44,46)(H,45,50)/t29-,30-,32+,33-/m0/s1. The van der Waals surface area contributed by atoms with Gasteiger partial charge in [0.15, 0.2) is 0 Å². The van der Waals surface area contributed by atoms with Crippen molar-refractivity contribution in [3.63, 3.8) is 0 Å². The summed E-state index contributed by atoms with van der Waals surface area (Å²) in [4.78, 5) is 75.8. The fourth-order valence-corrected chi connectivity index (χ4v) is 5.81. The van der Waals surface area contributed by atoms with Gasteiger partial charge >= 0.3 is 0 Å². The van der Waals surface area contributed by atoms with Crippen LogP contribution in [0.25, 0.3) is 0 Å². The maximum atomic E-state index is 13.2. The molecule has 0 spiro atoms. The Hall–Kier alpha value is -3.80. The van der Waals surface area contributed by atoms with Crippen molar-refractivity contribution in [3.8, 4) is 0 Å². The summed E-state index contributed by atoms with van der Waals surface area (Å²) in [5, 5.41) is 10.5. The topological polar surface area (TPSA) is 203 Å². The van der Waals surface area contributed by atoms with Crippen molar-refractivity contribution in [1.29, 1.82) is 0 Å². The number of nitrogens with two attached hydrogens (primary N) is 2. The van der Waals surface area contributed by atoms with Gasteiger partial charge in [0, 0.05) is 6.42 Å². The van der Waals surface area contributed by atoms with Crippen molar-refractivity contribution in [2.45, 2.75) is 167 Å². The molecule has 1 aromatic rings. The van der Waals surface area contributed by atoms with Crippen LogP contribution in [0.3, 0.4) is 0 Å². The number of hydrogen-bond acceptors (Lipinski definition) is 7. The zero-order valence-electron chi connectivity index (χ0n) is 31.4. The van der Waals surface area contributed by atoms with Gasteiger partial charge in [-0.05, 0) is 64.5 Å². The van der Waals surface area contributed by atoms with Crippen molar-refractivity contribution >= 4 is 35.3 Å². The number of benzene rings is 1. The van der Waals surface area contributed by atoms with Gasteiger partial charge in [0.05, 0.1) is 6.04 Å². The fourth-order valence-electron chi connectivity index (χ4n) is 5.81. The molecule has 0 saturated carbocycles. The minimum Gasteiger partial charge on any atom is -0.363 e. The first-order chi connectivity index (χ1) is 24.5. The second kappa shape index (κ2) is 27.9. The van der Waals surface area contributed by atoms with Gasteiger partial charge in [-0.15, -0.1) is 0 Å². The van der Waals surface area contributed by atoms with E-state index in [9.17, 15) is 28.8 Å². The molecule has 8 N–H and O–H groups in total. The third-order valence-corrected chi connectivity index (χ3v) is 9.05. The first kappa shape index (κ1) is 45.2. The lowest BCUT2D eigenvalue weighted by Gasteiger charge is -2.23. The highest BCUT2D eigenvalue weighted by Crippen LogP contribution is 2.13.